The predicted octanol–water partition coefficient (Wildman–Crippen LogP) is 3.61. The van der Waals surface area contributed by atoms with Crippen molar-refractivity contribution >= 4 is 22.2 Å². The molecule has 0 atom stereocenters. The van der Waals surface area contributed by atoms with Gasteiger partial charge in [-0.05, 0) is 42.8 Å². The van der Waals surface area contributed by atoms with Crippen LogP contribution in [0.3, 0.4) is 0 Å². The minimum absolute atomic E-state index is 0.127. The predicted molar refractivity (Wildman–Crippen MR) is 86.4 cm³/mol. The van der Waals surface area contributed by atoms with Gasteiger partial charge >= 0.3 is 12.1 Å². The van der Waals surface area contributed by atoms with Gasteiger partial charge in [-0.1, -0.05) is 22.9 Å². The van der Waals surface area contributed by atoms with E-state index in [9.17, 15) is 21.6 Å². The van der Waals surface area contributed by atoms with Crippen molar-refractivity contribution < 1.29 is 26.1 Å². The lowest BCUT2D eigenvalue weighted by Crippen LogP contribution is -2.10. The van der Waals surface area contributed by atoms with E-state index in [2.05, 4.69) is 14.7 Å². The highest BCUT2D eigenvalue weighted by Gasteiger charge is 2.38. The molecule has 10 heteroatoms. The van der Waals surface area contributed by atoms with Crippen LogP contribution in [-0.4, -0.2) is 22.5 Å². The topological polar surface area (TPSA) is 78.0 Å². The molecule has 0 aliphatic carbocycles. The van der Waals surface area contributed by atoms with Crippen LogP contribution in [0.15, 0.2) is 52.1 Å². The van der Waals surface area contributed by atoms with Crippen molar-refractivity contribution in [2.75, 3.05) is 0 Å². The van der Waals surface area contributed by atoms with E-state index in [-0.39, 0.29) is 10.7 Å². The number of alkyl halides is 3. The average Bonchev–Trinajstić information content (AvgIpc) is 3.22. The van der Waals surface area contributed by atoms with Crippen LogP contribution in [-0.2, 0) is 16.2 Å². The molecule has 0 spiro atoms. The van der Waals surface area contributed by atoms with Gasteiger partial charge in [-0.15, -0.1) is 0 Å². The molecule has 3 aromatic rings. The van der Waals surface area contributed by atoms with Crippen LogP contribution in [0.4, 0.5) is 13.2 Å². The average molecular weight is 383 g/mol. The summed E-state index contributed by atoms with van der Waals surface area (Å²) in [7, 11) is -3.75. The highest BCUT2D eigenvalue weighted by Crippen LogP contribution is 2.27. The highest BCUT2D eigenvalue weighted by atomic mass is 32.2. The van der Waals surface area contributed by atoms with Gasteiger partial charge in [-0.3, -0.25) is 0 Å². The van der Waals surface area contributed by atoms with Gasteiger partial charge in [-0.25, -0.2) is 12.4 Å². The number of hydrogen-bond donors (Lipinski definition) is 0. The summed E-state index contributed by atoms with van der Waals surface area (Å²) in [5.74, 6) is -1.72. The van der Waals surface area contributed by atoms with E-state index < -0.39 is 22.1 Å². The Labute approximate surface area is 146 Å². The molecule has 0 unspecified atom stereocenters. The molecule has 0 saturated heterocycles. The molecule has 0 bridgehead atoms. The van der Waals surface area contributed by atoms with Gasteiger partial charge in [0, 0.05) is 12.4 Å². The van der Waals surface area contributed by atoms with Crippen LogP contribution in [0.1, 0.15) is 22.8 Å². The molecular weight excluding hydrogens is 371 g/mol. The lowest BCUT2D eigenvalue weighted by Gasteiger charge is -2.05. The summed E-state index contributed by atoms with van der Waals surface area (Å²) in [6.45, 7) is 1.84. The Morgan fingerprint density at radius 3 is 2.42 bits per heavy atom. The number of hydrogen-bond acceptors (Lipinski definition) is 5. The maximum absolute atomic E-state index is 12.5. The van der Waals surface area contributed by atoms with Gasteiger partial charge in [0.25, 0.3) is 10.0 Å². The summed E-state index contributed by atoms with van der Waals surface area (Å²) in [5, 5.41) is 3.19. The summed E-state index contributed by atoms with van der Waals surface area (Å²) < 4.78 is 67.4. The molecule has 0 fully saturated rings. The normalized spacial score (nSPS) is 12.8. The SMILES string of the molecule is Cc1ccc(S(=O)(=O)n2ccc(/C=C/c3noc(C(F)(F)F)n3)c2)cc1. The van der Waals surface area contributed by atoms with Gasteiger partial charge < -0.3 is 4.52 Å². The number of halogens is 3. The van der Waals surface area contributed by atoms with Crippen molar-refractivity contribution in [1.29, 1.82) is 0 Å². The third-order valence-corrected chi connectivity index (χ3v) is 5.05. The molecule has 0 amide bonds. The van der Waals surface area contributed by atoms with E-state index in [1.165, 1.54) is 42.7 Å². The second kappa shape index (κ2) is 6.45. The van der Waals surface area contributed by atoms with Crippen LogP contribution in [0.5, 0.6) is 0 Å². The van der Waals surface area contributed by atoms with Crippen LogP contribution in [0.2, 0.25) is 0 Å². The minimum atomic E-state index is -4.72. The first-order chi connectivity index (χ1) is 12.2. The maximum Gasteiger partial charge on any atom is 0.471 e. The van der Waals surface area contributed by atoms with Crippen LogP contribution >= 0.6 is 0 Å². The molecule has 1 aromatic carbocycles. The Bertz CT molecular complexity index is 1050. The maximum atomic E-state index is 12.5. The minimum Gasteiger partial charge on any atom is -0.329 e. The van der Waals surface area contributed by atoms with E-state index in [1.54, 1.807) is 12.1 Å². The molecule has 0 aliphatic rings. The fourth-order valence-electron chi connectivity index (χ4n) is 2.06. The molecule has 0 aliphatic heterocycles. The van der Waals surface area contributed by atoms with Crippen molar-refractivity contribution in [2.24, 2.45) is 0 Å². The first kappa shape index (κ1) is 17.9. The number of benzene rings is 1. The van der Waals surface area contributed by atoms with Gasteiger partial charge in [-0.2, -0.15) is 18.2 Å². The number of rotatable bonds is 4. The van der Waals surface area contributed by atoms with E-state index in [4.69, 9.17) is 0 Å². The fourth-order valence-corrected chi connectivity index (χ4v) is 3.27. The lowest BCUT2D eigenvalue weighted by molar-refractivity contribution is -0.159. The molecule has 2 heterocycles. The first-order valence-corrected chi connectivity index (χ1v) is 8.69. The third-order valence-electron chi connectivity index (χ3n) is 3.40. The monoisotopic (exact) mass is 383 g/mol. The molecule has 0 saturated carbocycles. The molecule has 6 nitrogen and oxygen atoms in total. The van der Waals surface area contributed by atoms with Crippen molar-refractivity contribution in [3.8, 4) is 0 Å². The smallest absolute Gasteiger partial charge is 0.329 e. The first-order valence-electron chi connectivity index (χ1n) is 7.25. The quantitative estimate of drug-likeness (QED) is 0.688. The van der Waals surface area contributed by atoms with E-state index >= 15 is 0 Å². The van der Waals surface area contributed by atoms with Gasteiger partial charge in [0.05, 0.1) is 4.90 Å². The Hall–Kier alpha value is -2.88. The molecule has 136 valence electrons. The molecule has 0 N–H and O–H groups in total. The van der Waals surface area contributed by atoms with E-state index in [0.717, 1.165) is 9.54 Å². The fraction of sp³-hybridized carbons (Fsp3) is 0.125. The molecule has 2 aromatic heterocycles. The highest BCUT2D eigenvalue weighted by molar-refractivity contribution is 7.90. The van der Waals surface area contributed by atoms with Crippen molar-refractivity contribution in [3.63, 3.8) is 0 Å². The Morgan fingerprint density at radius 2 is 1.81 bits per heavy atom. The number of nitrogens with zero attached hydrogens (tertiary/aromatic N) is 3. The molecule has 26 heavy (non-hydrogen) atoms. The summed E-state index contributed by atoms with van der Waals surface area (Å²) >= 11 is 0. The summed E-state index contributed by atoms with van der Waals surface area (Å²) in [5.41, 5.74) is 1.37. The van der Waals surface area contributed by atoms with Gasteiger partial charge in [0.15, 0.2) is 5.82 Å². The Morgan fingerprint density at radius 1 is 1.12 bits per heavy atom. The van der Waals surface area contributed by atoms with Crippen molar-refractivity contribution in [2.45, 2.75) is 18.0 Å². The molecular formula is C16H12F3N3O3S. The van der Waals surface area contributed by atoms with Crippen LogP contribution < -0.4 is 0 Å². The number of aromatic nitrogens is 3. The standard InChI is InChI=1S/C16H12F3N3O3S/c1-11-2-5-13(6-3-11)26(23,24)22-9-8-12(10-22)4-7-14-20-15(25-21-14)16(17,18)19/h2-10H,1H3/b7-4+. The second-order valence-corrected chi connectivity index (χ2v) is 7.22. The third kappa shape index (κ3) is 3.69. The zero-order valence-electron chi connectivity index (χ0n) is 13.3. The zero-order valence-corrected chi connectivity index (χ0v) is 14.1. The van der Waals surface area contributed by atoms with Gasteiger partial charge in [0.1, 0.15) is 0 Å². The van der Waals surface area contributed by atoms with Gasteiger partial charge in [0.2, 0.25) is 0 Å². The summed E-state index contributed by atoms with van der Waals surface area (Å²) in [6.07, 6.45) is 0.524. The van der Waals surface area contributed by atoms with E-state index in [0.29, 0.717) is 5.56 Å². The Balaban J connectivity index is 1.81. The second-order valence-electron chi connectivity index (χ2n) is 5.38. The summed E-state index contributed by atoms with van der Waals surface area (Å²) in [4.78, 5) is 3.32. The molecule has 0 radical (unpaired) electrons. The van der Waals surface area contributed by atoms with E-state index in [1.807, 2.05) is 6.92 Å². The van der Waals surface area contributed by atoms with Crippen LogP contribution in [0.25, 0.3) is 12.2 Å². The largest absolute Gasteiger partial charge is 0.471 e. The van der Waals surface area contributed by atoms with Crippen molar-refractivity contribution in [3.05, 3.63) is 65.6 Å². The Kier molecular flexibility index (Phi) is 4.45. The zero-order chi connectivity index (χ0) is 18.9. The molecule has 3 rings (SSSR count). The van der Waals surface area contributed by atoms with Crippen molar-refractivity contribution in [1.82, 2.24) is 14.1 Å². The summed E-state index contributed by atoms with van der Waals surface area (Å²) in [6, 6.07) is 7.86. The lowest BCUT2D eigenvalue weighted by atomic mass is 10.2. The van der Waals surface area contributed by atoms with Crippen LogP contribution in [0, 0.1) is 6.92 Å². The number of aryl methyl sites for hydroxylation is 1.